The fourth-order valence-electron chi connectivity index (χ4n) is 1.73. The number of benzene rings is 1. The maximum absolute atomic E-state index is 5.83. The second-order valence-electron chi connectivity index (χ2n) is 4.65. The number of rotatable bonds is 6. The largest absolute Gasteiger partial charge is 0.397 e. The number of nitrogen functional groups attached to an aromatic ring is 2. The van der Waals surface area contributed by atoms with E-state index in [1.807, 2.05) is 18.2 Å². The molecular weight excluding hydrogens is 214 g/mol. The van der Waals surface area contributed by atoms with Crippen molar-refractivity contribution in [3.05, 3.63) is 18.2 Å². The zero-order valence-corrected chi connectivity index (χ0v) is 10.9. The molecular formula is C13H23N3O. The van der Waals surface area contributed by atoms with E-state index >= 15 is 0 Å². The lowest BCUT2D eigenvalue weighted by Crippen LogP contribution is -2.31. The molecule has 0 heterocycles. The van der Waals surface area contributed by atoms with Crippen LogP contribution in [0.3, 0.4) is 0 Å². The lowest BCUT2D eigenvalue weighted by atomic mass is 10.1. The summed E-state index contributed by atoms with van der Waals surface area (Å²) in [6.45, 7) is 6.93. The van der Waals surface area contributed by atoms with Crippen LogP contribution in [0.15, 0.2) is 18.2 Å². The summed E-state index contributed by atoms with van der Waals surface area (Å²) >= 11 is 0. The molecule has 0 spiro atoms. The maximum Gasteiger partial charge on any atom is 0.0637 e. The minimum atomic E-state index is 0.589. The molecule has 0 saturated carbocycles. The van der Waals surface area contributed by atoms with Crippen LogP contribution >= 0.6 is 0 Å². The summed E-state index contributed by atoms with van der Waals surface area (Å²) in [5.41, 5.74) is 13.9. The van der Waals surface area contributed by atoms with E-state index in [0.717, 1.165) is 18.8 Å². The second kappa shape index (κ2) is 6.35. The molecule has 4 N–H and O–H groups in total. The molecule has 0 aliphatic heterocycles. The van der Waals surface area contributed by atoms with Gasteiger partial charge in [-0.3, -0.25) is 0 Å². The van der Waals surface area contributed by atoms with Crippen molar-refractivity contribution in [3.8, 4) is 0 Å². The van der Waals surface area contributed by atoms with Gasteiger partial charge in [-0.15, -0.1) is 0 Å². The number of methoxy groups -OCH3 is 1. The fraction of sp³-hybridized carbons (Fsp3) is 0.538. The number of hydrogen-bond donors (Lipinski definition) is 2. The normalized spacial score (nSPS) is 10.8. The first-order valence-corrected chi connectivity index (χ1v) is 5.93. The van der Waals surface area contributed by atoms with Gasteiger partial charge in [0.15, 0.2) is 0 Å². The molecule has 0 unspecified atom stereocenters. The quantitative estimate of drug-likeness (QED) is 0.742. The minimum Gasteiger partial charge on any atom is -0.397 e. The van der Waals surface area contributed by atoms with Gasteiger partial charge in [0.25, 0.3) is 0 Å². The Morgan fingerprint density at radius 3 is 2.47 bits per heavy atom. The molecule has 0 amide bonds. The third kappa shape index (κ3) is 4.15. The van der Waals surface area contributed by atoms with Crippen LogP contribution in [0, 0.1) is 5.92 Å². The maximum atomic E-state index is 5.83. The van der Waals surface area contributed by atoms with Gasteiger partial charge < -0.3 is 21.1 Å². The Labute approximate surface area is 104 Å². The van der Waals surface area contributed by atoms with Gasteiger partial charge in [-0.05, 0) is 24.1 Å². The molecule has 0 bridgehead atoms. The van der Waals surface area contributed by atoms with Gasteiger partial charge >= 0.3 is 0 Å². The average molecular weight is 237 g/mol. The highest BCUT2D eigenvalue weighted by atomic mass is 16.5. The van der Waals surface area contributed by atoms with Crippen LogP contribution in [0.4, 0.5) is 17.1 Å². The summed E-state index contributed by atoms with van der Waals surface area (Å²) in [5, 5.41) is 0. The van der Waals surface area contributed by atoms with Gasteiger partial charge in [0.05, 0.1) is 18.0 Å². The first-order valence-electron chi connectivity index (χ1n) is 5.93. The number of hydrogen-bond acceptors (Lipinski definition) is 4. The highest BCUT2D eigenvalue weighted by Crippen LogP contribution is 2.23. The molecule has 1 rings (SSSR count). The highest BCUT2D eigenvalue weighted by molar-refractivity contribution is 5.69. The van der Waals surface area contributed by atoms with Crippen molar-refractivity contribution in [2.75, 3.05) is 43.2 Å². The summed E-state index contributed by atoms with van der Waals surface area (Å²) in [6.07, 6.45) is 0. The third-order valence-electron chi connectivity index (χ3n) is 2.59. The van der Waals surface area contributed by atoms with Crippen LogP contribution in [0.25, 0.3) is 0 Å². The third-order valence-corrected chi connectivity index (χ3v) is 2.59. The molecule has 0 fully saturated rings. The van der Waals surface area contributed by atoms with E-state index in [1.54, 1.807) is 7.11 Å². The van der Waals surface area contributed by atoms with Gasteiger partial charge in [0.2, 0.25) is 0 Å². The van der Waals surface area contributed by atoms with Crippen LogP contribution in [-0.4, -0.2) is 26.8 Å². The molecule has 4 heteroatoms. The van der Waals surface area contributed by atoms with Crippen molar-refractivity contribution in [3.63, 3.8) is 0 Å². The lowest BCUT2D eigenvalue weighted by Gasteiger charge is -2.27. The Morgan fingerprint density at radius 2 is 1.94 bits per heavy atom. The average Bonchev–Trinajstić information content (AvgIpc) is 2.27. The molecule has 0 aliphatic carbocycles. The van der Waals surface area contributed by atoms with Gasteiger partial charge in [0, 0.05) is 25.9 Å². The lowest BCUT2D eigenvalue weighted by molar-refractivity contribution is 0.204. The van der Waals surface area contributed by atoms with E-state index in [-0.39, 0.29) is 0 Å². The van der Waals surface area contributed by atoms with Crippen molar-refractivity contribution in [1.29, 1.82) is 0 Å². The molecule has 0 saturated heterocycles. The van der Waals surface area contributed by atoms with Gasteiger partial charge in [0.1, 0.15) is 0 Å². The second-order valence-corrected chi connectivity index (χ2v) is 4.65. The summed E-state index contributed by atoms with van der Waals surface area (Å²) in [5.74, 6) is 0.589. The molecule has 0 aliphatic rings. The SMILES string of the molecule is COCCN(CC(C)C)c1ccc(N)c(N)c1. The fourth-order valence-corrected chi connectivity index (χ4v) is 1.73. The standard InChI is InChI=1S/C13H23N3O/c1-10(2)9-16(6-7-17-3)11-4-5-12(14)13(15)8-11/h4-5,8,10H,6-7,9,14-15H2,1-3H3. The zero-order valence-electron chi connectivity index (χ0n) is 10.9. The van der Waals surface area contributed by atoms with Crippen molar-refractivity contribution in [1.82, 2.24) is 0 Å². The topological polar surface area (TPSA) is 64.5 Å². The molecule has 0 radical (unpaired) electrons. The molecule has 4 nitrogen and oxygen atoms in total. The molecule has 96 valence electrons. The predicted molar refractivity (Wildman–Crippen MR) is 74.2 cm³/mol. The van der Waals surface area contributed by atoms with Crippen LogP contribution in [0.1, 0.15) is 13.8 Å². The van der Waals surface area contributed by atoms with Crippen molar-refractivity contribution >= 4 is 17.1 Å². The van der Waals surface area contributed by atoms with Gasteiger partial charge in [-0.2, -0.15) is 0 Å². The summed E-state index contributed by atoms with van der Waals surface area (Å²) < 4.78 is 5.13. The number of nitrogens with zero attached hydrogens (tertiary/aromatic N) is 1. The minimum absolute atomic E-state index is 0.589. The van der Waals surface area contributed by atoms with E-state index in [1.165, 1.54) is 0 Å². The van der Waals surface area contributed by atoms with Crippen LogP contribution < -0.4 is 16.4 Å². The van der Waals surface area contributed by atoms with Crippen molar-refractivity contribution in [2.45, 2.75) is 13.8 Å². The van der Waals surface area contributed by atoms with Crippen LogP contribution in [0.2, 0.25) is 0 Å². The number of anilines is 3. The predicted octanol–water partition coefficient (Wildman–Crippen LogP) is 1.96. The number of nitrogens with two attached hydrogens (primary N) is 2. The highest BCUT2D eigenvalue weighted by Gasteiger charge is 2.09. The molecule has 17 heavy (non-hydrogen) atoms. The number of ether oxygens (including phenoxy) is 1. The molecule has 1 aromatic carbocycles. The molecule has 0 aromatic heterocycles. The van der Waals surface area contributed by atoms with Gasteiger partial charge in [-0.25, -0.2) is 0 Å². The van der Waals surface area contributed by atoms with E-state index in [0.29, 0.717) is 23.9 Å². The Kier molecular flexibility index (Phi) is 5.10. The van der Waals surface area contributed by atoms with Gasteiger partial charge in [-0.1, -0.05) is 13.8 Å². The smallest absolute Gasteiger partial charge is 0.0637 e. The first kappa shape index (κ1) is 13.6. The molecule has 1 aromatic rings. The summed E-state index contributed by atoms with van der Waals surface area (Å²) in [7, 11) is 1.71. The van der Waals surface area contributed by atoms with Crippen LogP contribution in [0.5, 0.6) is 0 Å². The van der Waals surface area contributed by atoms with E-state index in [4.69, 9.17) is 16.2 Å². The molecule has 0 atom stereocenters. The van der Waals surface area contributed by atoms with E-state index in [2.05, 4.69) is 18.7 Å². The zero-order chi connectivity index (χ0) is 12.8. The summed E-state index contributed by atoms with van der Waals surface area (Å²) in [6, 6.07) is 5.78. The van der Waals surface area contributed by atoms with E-state index in [9.17, 15) is 0 Å². The van der Waals surface area contributed by atoms with E-state index < -0.39 is 0 Å². The van der Waals surface area contributed by atoms with Crippen LogP contribution in [-0.2, 0) is 4.74 Å². The monoisotopic (exact) mass is 237 g/mol. The Balaban J connectivity index is 2.83. The van der Waals surface area contributed by atoms with Crippen molar-refractivity contribution < 1.29 is 4.74 Å². The Bertz CT molecular complexity index is 353. The first-order chi connectivity index (χ1) is 8.04. The summed E-state index contributed by atoms with van der Waals surface area (Å²) in [4.78, 5) is 2.27. The Morgan fingerprint density at radius 1 is 1.24 bits per heavy atom. The van der Waals surface area contributed by atoms with Crippen molar-refractivity contribution in [2.24, 2.45) is 5.92 Å². The Hall–Kier alpha value is -1.42.